The molecule has 0 unspecified atom stereocenters. The summed E-state index contributed by atoms with van der Waals surface area (Å²) < 4.78 is 38.3. The quantitative estimate of drug-likeness (QED) is 0.665. The number of hydrogen-bond donors (Lipinski definition) is 0. The molecule has 0 N–H and O–H groups in total. The van der Waals surface area contributed by atoms with Gasteiger partial charge in [0.25, 0.3) is 0 Å². The molecule has 1 atom stereocenters. The highest BCUT2D eigenvalue weighted by Crippen LogP contribution is 2.33. The van der Waals surface area contributed by atoms with E-state index in [1.54, 1.807) is 30.3 Å². The number of nitrogens with zero attached hydrogens (tertiary/aromatic N) is 3. The fourth-order valence-corrected chi connectivity index (χ4v) is 6.33. The van der Waals surface area contributed by atoms with E-state index >= 15 is 0 Å². The molecule has 0 radical (unpaired) electrons. The number of benzene rings is 2. The number of carbonyl (C=O) groups excluding carboxylic acids is 1. The Morgan fingerprint density at radius 2 is 1.70 bits per heavy atom. The first-order valence-electron chi connectivity index (χ1n) is 11.5. The van der Waals surface area contributed by atoms with Crippen LogP contribution in [0.15, 0.2) is 53.4 Å². The Morgan fingerprint density at radius 3 is 2.48 bits per heavy atom. The van der Waals surface area contributed by atoms with E-state index in [-0.39, 0.29) is 30.1 Å². The van der Waals surface area contributed by atoms with Crippen LogP contribution in [0.5, 0.6) is 11.5 Å². The standard InChI is InChI=1S/C24H29N3O5S/c28-24(20-5-4-10-27(17-20)33(29,30)21-6-2-1-3-7-21)26-13-11-25(12-14-26)16-19-8-9-22-23(15-19)32-18-31-22/h1-3,6-9,15,20H,4-5,10-14,16-18H2/t20-/m0/s1. The van der Waals surface area contributed by atoms with Crippen molar-refractivity contribution in [1.29, 1.82) is 0 Å². The van der Waals surface area contributed by atoms with E-state index < -0.39 is 10.0 Å². The third kappa shape index (κ3) is 4.71. The van der Waals surface area contributed by atoms with Crippen molar-refractivity contribution in [2.75, 3.05) is 46.1 Å². The Hall–Kier alpha value is -2.62. The second-order valence-electron chi connectivity index (χ2n) is 8.80. The summed E-state index contributed by atoms with van der Waals surface area (Å²) in [7, 11) is -3.57. The molecule has 2 aromatic carbocycles. The van der Waals surface area contributed by atoms with Crippen LogP contribution in [0.4, 0.5) is 0 Å². The highest BCUT2D eigenvalue weighted by Gasteiger charge is 2.35. The van der Waals surface area contributed by atoms with Gasteiger partial charge in [0.05, 0.1) is 10.8 Å². The molecule has 9 heteroatoms. The zero-order valence-electron chi connectivity index (χ0n) is 18.6. The maximum Gasteiger partial charge on any atom is 0.243 e. The van der Waals surface area contributed by atoms with E-state index in [1.165, 1.54) is 4.31 Å². The Bertz CT molecular complexity index is 1100. The van der Waals surface area contributed by atoms with Crippen molar-refractivity contribution in [2.24, 2.45) is 5.92 Å². The molecular weight excluding hydrogens is 442 g/mol. The lowest BCUT2D eigenvalue weighted by Crippen LogP contribution is -2.52. The Labute approximate surface area is 194 Å². The number of amides is 1. The van der Waals surface area contributed by atoms with E-state index in [1.807, 2.05) is 17.0 Å². The summed E-state index contributed by atoms with van der Waals surface area (Å²) in [4.78, 5) is 17.7. The minimum atomic E-state index is -3.57. The predicted octanol–water partition coefficient (Wildman–Crippen LogP) is 2.16. The molecule has 3 heterocycles. The van der Waals surface area contributed by atoms with Gasteiger partial charge in [-0.3, -0.25) is 9.69 Å². The minimum absolute atomic E-state index is 0.0747. The summed E-state index contributed by atoms with van der Waals surface area (Å²) in [5.41, 5.74) is 1.16. The fourth-order valence-electron chi connectivity index (χ4n) is 4.79. The zero-order valence-corrected chi connectivity index (χ0v) is 19.4. The van der Waals surface area contributed by atoms with E-state index in [9.17, 15) is 13.2 Å². The number of rotatable bonds is 5. The van der Waals surface area contributed by atoms with E-state index in [0.717, 1.165) is 43.1 Å². The van der Waals surface area contributed by atoms with Gasteiger partial charge in [-0.2, -0.15) is 4.31 Å². The van der Waals surface area contributed by atoms with Crippen LogP contribution in [0.2, 0.25) is 0 Å². The van der Waals surface area contributed by atoms with Crippen molar-refractivity contribution >= 4 is 15.9 Å². The highest BCUT2D eigenvalue weighted by atomic mass is 32.2. The van der Waals surface area contributed by atoms with Gasteiger partial charge < -0.3 is 14.4 Å². The number of ether oxygens (including phenoxy) is 2. The topological polar surface area (TPSA) is 79.4 Å². The Morgan fingerprint density at radius 1 is 0.939 bits per heavy atom. The molecule has 0 saturated carbocycles. The first kappa shape index (κ1) is 22.2. The van der Waals surface area contributed by atoms with E-state index in [0.29, 0.717) is 26.1 Å². The van der Waals surface area contributed by atoms with Gasteiger partial charge >= 0.3 is 0 Å². The van der Waals surface area contributed by atoms with Gasteiger partial charge in [-0.1, -0.05) is 24.3 Å². The zero-order chi connectivity index (χ0) is 22.8. The lowest BCUT2D eigenvalue weighted by molar-refractivity contribution is -0.138. The largest absolute Gasteiger partial charge is 0.454 e. The molecule has 3 aliphatic rings. The molecule has 0 spiro atoms. The molecule has 2 fully saturated rings. The van der Waals surface area contributed by atoms with Crippen LogP contribution in [-0.2, 0) is 21.4 Å². The number of fused-ring (bicyclic) bond motifs is 1. The van der Waals surface area contributed by atoms with Crippen molar-refractivity contribution in [3.05, 3.63) is 54.1 Å². The summed E-state index contributed by atoms with van der Waals surface area (Å²) in [6, 6.07) is 14.5. The number of sulfonamides is 1. The average molecular weight is 472 g/mol. The Kier molecular flexibility index (Phi) is 6.27. The van der Waals surface area contributed by atoms with Crippen LogP contribution in [0.25, 0.3) is 0 Å². The summed E-state index contributed by atoms with van der Waals surface area (Å²) in [6.45, 7) is 4.68. The second-order valence-corrected chi connectivity index (χ2v) is 10.7. The summed E-state index contributed by atoms with van der Waals surface area (Å²) in [6.07, 6.45) is 1.43. The first-order chi connectivity index (χ1) is 16.0. The molecular formula is C24H29N3O5S. The molecule has 33 heavy (non-hydrogen) atoms. The number of hydrogen-bond acceptors (Lipinski definition) is 6. The van der Waals surface area contributed by atoms with Crippen LogP contribution < -0.4 is 9.47 Å². The molecule has 3 aliphatic heterocycles. The summed E-state index contributed by atoms with van der Waals surface area (Å²) in [5.74, 6) is 1.36. The first-order valence-corrected chi connectivity index (χ1v) is 12.9. The Balaban J connectivity index is 1.16. The molecule has 2 aromatic rings. The van der Waals surface area contributed by atoms with Gasteiger partial charge in [-0.25, -0.2) is 8.42 Å². The van der Waals surface area contributed by atoms with Crippen molar-refractivity contribution < 1.29 is 22.7 Å². The molecule has 176 valence electrons. The van der Waals surface area contributed by atoms with Crippen LogP contribution in [0, 0.1) is 5.92 Å². The van der Waals surface area contributed by atoms with Gasteiger partial charge in [0.1, 0.15) is 0 Å². The highest BCUT2D eigenvalue weighted by molar-refractivity contribution is 7.89. The van der Waals surface area contributed by atoms with Crippen LogP contribution >= 0.6 is 0 Å². The normalized spacial score (nSPS) is 21.8. The third-order valence-electron chi connectivity index (χ3n) is 6.64. The maximum absolute atomic E-state index is 13.2. The lowest BCUT2D eigenvalue weighted by Gasteiger charge is -2.38. The summed E-state index contributed by atoms with van der Waals surface area (Å²) in [5, 5.41) is 0. The fraction of sp³-hybridized carbons (Fsp3) is 0.458. The number of piperidine rings is 1. The summed E-state index contributed by atoms with van der Waals surface area (Å²) >= 11 is 0. The molecule has 1 amide bonds. The third-order valence-corrected chi connectivity index (χ3v) is 8.52. The van der Waals surface area contributed by atoms with E-state index in [2.05, 4.69) is 11.0 Å². The molecule has 0 bridgehead atoms. The SMILES string of the molecule is O=C([C@H]1CCCN(S(=O)(=O)c2ccccc2)C1)N1CCN(Cc2ccc3c(c2)OCO3)CC1. The smallest absolute Gasteiger partial charge is 0.243 e. The number of carbonyl (C=O) groups is 1. The number of piperazine rings is 1. The monoisotopic (exact) mass is 471 g/mol. The van der Waals surface area contributed by atoms with Gasteiger partial charge in [0.15, 0.2) is 11.5 Å². The van der Waals surface area contributed by atoms with Crippen molar-refractivity contribution in [3.63, 3.8) is 0 Å². The lowest BCUT2D eigenvalue weighted by atomic mass is 9.97. The molecule has 0 aromatic heterocycles. The molecule has 8 nitrogen and oxygen atoms in total. The van der Waals surface area contributed by atoms with Crippen molar-refractivity contribution in [3.8, 4) is 11.5 Å². The van der Waals surface area contributed by atoms with Crippen molar-refractivity contribution in [2.45, 2.75) is 24.3 Å². The predicted molar refractivity (Wildman–Crippen MR) is 122 cm³/mol. The van der Waals surface area contributed by atoms with Gasteiger partial charge in [-0.15, -0.1) is 0 Å². The van der Waals surface area contributed by atoms with E-state index in [4.69, 9.17) is 9.47 Å². The van der Waals surface area contributed by atoms with Crippen LogP contribution in [0.3, 0.4) is 0 Å². The molecule has 5 rings (SSSR count). The van der Waals surface area contributed by atoms with Gasteiger partial charge in [0.2, 0.25) is 22.7 Å². The minimum Gasteiger partial charge on any atom is -0.454 e. The molecule has 2 saturated heterocycles. The van der Waals surface area contributed by atoms with Gasteiger partial charge in [0, 0.05) is 45.8 Å². The van der Waals surface area contributed by atoms with Crippen LogP contribution in [0.1, 0.15) is 18.4 Å². The van der Waals surface area contributed by atoms with Gasteiger partial charge in [-0.05, 0) is 42.7 Å². The van der Waals surface area contributed by atoms with Crippen LogP contribution in [-0.4, -0.2) is 74.5 Å². The second kappa shape index (κ2) is 9.32. The average Bonchev–Trinajstić information content (AvgIpc) is 3.33. The molecule has 0 aliphatic carbocycles. The van der Waals surface area contributed by atoms with Crippen molar-refractivity contribution in [1.82, 2.24) is 14.1 Å². The maximum atomic E-state index is 13.2.